The summed E-state index contributed by atoms with van der Waals surface area (Å²) in [7, 11) is -2.17. The number of fused-ring (bicyclic) bond motifs is 4. The van der Waals surface area contributed by atoms with Crippen LogP contribution < -0.4 is 10.4 Å². The van der Waals surface area contributed by atoms with Gasteiger partial charge in [-0.15, -0.1) is 0 Å². The molecule has 0 fully saturated rings. The Bertz CT molecular complexity index is 1700. The number of hydrogen-bond donors (Lipinski definition) is 0. The average molecular weight is 524 g/mol. The Hall–Kier alpha value is -3.70. The Morgan fingerprint density at radius 3 is 2.16 bits per heavy atom. The molecule has 0 bridgehead atoms. The fourth-order valence-corrected chi connectivity index (χ4v) is 9.32. The molecule has 0 atom stereocenters. The third kappa shape index (κ3) is 3.88. The van der Waals surface area contributed by atoms with Gasteiger partial charge in [0.1, 0.15) is 8.07 Å². The Morgan fingerprint density at radius 2 is 1.45 bits per heavy atom. The van der Waals surface area contributed by atoms with Crippen molar-refractivity contribution in [2.24, 2.45) is 0 Å². The summed E-state index contributed by atoms with van der Waals surface area (Å²) in [6.45, 7) is 9.16. The van der Waals surface area contributed by atoms with Crippen molar-refractivity contribution in [1.29, 1.82) is 0 Å². The topological polar surface area (TPSA) is 12.9 Å². The van der Waals surface area contributed by atoms with Gasteiger partial charge in [0.2, 0.25) is 0 Å². The molecule has 0 spiro atoms. The molecule has 2 heterocycles. The van der Waals surface area contributed by atoms with Gasteiger partial charge < -0.3 is 0 Å². The summed E-state index contributed by atoms with van der Waals surface area (Å²) < 4.78 is 39.3. The van der Waals surface area contributed by atoms with Crippen LogP contribution in [0, 0.1) is 0 Å². The first-order valence-corrected chi connectivity index (χ1v) is 15.9. The second kappa shape index (κ2) is 8.67. The van der Waals surface area contributed by atoms with Crippen LogP contribution in [-0.4, -0.2) is 13.1 Å². The molecule has 190 valence electrons. The minimum absolute atomic E-state index is 0.380. The van der Waals surface area contributed by atoms with Crippen molar-refractivity contribution < 1.29 is 13.2 Å². The summed E-state index contributed by atoms with van der Waals surface area (Å²) in [5.74, 6) is 0.380. The van der Waals surface area contributed by atoms with E-state index in [-0.39, 0.29) is 0 Å². The predicted molar refractivity (Wildman–Crippen MR) is 154 cm³/mol. The van der Waals surface area contributed by atoms with E-state index in [1.807, 2.05) is 12.3 Å². The van der Waals surface area contributed by atoms with Gasteiger partial charge in [-0.3, -0.25) is 4.98 Å². The Kier molecular flexibility index (Phi) is 5.62. The van der Waals surface area contributed by atoms with E-state index in [9.17, 15) is 13.2 Å². The van der Waals surface area contributed by atoms with E-state index in [0.29, 0.717) is 5.92 Å². The van der Waals surface area contributed by atoms with E-state index in [1.165, 1.54) is 37.8 Å². The zero-order valence-corrected chi connectivity index (χ0v) is 22.8. The molecule has 1 aliphatic rings. The van der Waals surface area contributed by atoms with Gasteiger partial charge in [0.05, 0.1) is 11.3 Å². The van der Waals surface area contributed by atoms with Gasteiger partial charge in [-0.25, -0.2) is 0 Å². The molecule has 6 rings (SSSR count). The Morgan fingerprint density at radius 1 is 0.737 bits per heavy atom. The molecule has 0 amide bonds. The molecule has 4 aromatic carbocycles. The van der Waals surface area contributed by atoms with Crippen LogP contribution in [-0.2, 0) is 6.18 Å². The van der Waals surface area contributed by atoms with Gasteiger partial charge in [-0.2, -0.15) is 13.2 Å². The fourth-order valence-electron chi connectivity index (χ4n) is 5.95. The molecule has 5 heteroatoms. The molecule has 0 N–H and O–H groups in total. The maximum atomic E-state index is 13.1. The number of rotatable bonds is 3. The van der Waals surface area contributed by atoms with Crippen LogP contribution in [0.1, 0.15) is 30.9 Å². The minimum atomic E-state index is -4.34. The lowest BCUT2D eigenvalue weighted by atomic mass is 9.92. The third-order valence-corrected chi connectivity index (χ3v) is 11.4. The molecule has 0 aliphatic carbocycles. The van der Waals surface area contributed by atoms with Crippen LogP contribution in [0.15, 0.2) is 91.1 Å². The summed E-state index contributed by atoms with van der Waals surface area (Å²) in [5.41, 5.74) is 7.03. The first kappa shape index (κ1) is 24.6. The van der Waals surface area contributed by atoms with Gasteiger partial charge in [0, 0.05) is 11.8 Å². The summed E-state index contributed by atoms with van der Waals surface area (Å²) in [5, 5.41) is 5.11. The normalized spacial score (nSPS) is 14.1. The van der Waals surface area contributed by atoms with Crippen LogP contribution in [0.25, 0.3) is 44.3 Å². The highest BCUT2D eigenvalue weighted by Crippen LogP contribution is 2.37. The molecule has 38 heavy (non-hydrogen) atoms. The number of benzene rings is 4. The van der Waals surface area contributed by atoms with E-state index >= 15 is 0 Å². The molecule has 1 aliphatic heterocycles. The molecular formula is C33H28F3NSi. The first-order valence-electron chi connectivity index (χ1n) is 12.9. The molecular weight excluding hydrogens is 495 g/mol. The van der Waals surface area contributed by atoms with E-state index < -0.39 is 19.8 Å². The van der Waals surface area contributed by atoms with E-state index in [0.717, 1.165) is 34.5 Å². The van der Waals surface area contributed by atoms with Crippen LogP contribution in [0.5, 0.6) is 0 Å². The third-order valence-electron chi connectivity index (χ3n) is 7.89. The first-order chi connectivity index (χ1) is 18.1. The highest BCUT2D eigenvalue weighted by Gasteiger charge is 2.40. The zero-order chi connectivity index (χ0) is 26.8. The number of hydrogen-bond acceptors (Lipinski definition) is 1. The van der Waals surface area contributed by atoms with E-state index in [2.05, 4.69) is 81.5 Å². The highest BCUT2D eigenvalue weighted by atomic mass is 28.3. The number of halogens is 3. The standard InChI is InChI=1S/C33H28F3NSi/c1-20(2)29-18-24(17-23-7-5-6-8-26(23)29)31-32-28(15-16-37-31)27-14-11-22(19-30(27)38(32,3)4)21-9-12-25(13-10-21)33(34,35)36/h5-20H,1-4H3. The lowest BCUT2D eigenvalue weighted by Crippen LogP contribution is -2.50. The largest absolute Gasteiger partial charge is 0.416 e. The van der Waals surface area contributed by atoms with Crippen molar-refractivity contribution in [3.63, 3.8) is 0 Å². The van der Waals surface area contributed by atoms with E-state index in [1.54, 1.807) is 12.1 Å². The number of pyridine rings is 1. The average Bonchev–Trinajstić information content (AvgIpc) is 3.14. The summed E-state index contributed by atoms with van der Waals surface area (Å²) in [6, 6.07) is 27.0. The van der Waals surface area contributed by atoms with Crippen molar-refractivity contribution in [1.82, 2.24) is 4.98 Å². The summed E-state index contributed by atoms with van der Waals surface area (Å²) in [6.07, 6.45) is -2.43. The van der Waals surface area contributed by atoms with Crippen molar-refractivity contribution >= 4 is 29.2 Å². The lowest BCUT2D eigenvalue weighted by molar-refractivity contribution is -0.137. The van der Waals surface area contributed by atoms with Crippen LogP contribution in [0.3, 0.4) is 0 Å². The fraction of sp³-hybridized carbons (Fsp3) is 0.182. The smallest absolute Gasteiger partial charge is 0.256 e. The van der Waals surface area contributed by atoms with Gasteiger partial charge >= 0.3 is 6.18 Å². The van der Waals surface area contributed by atoms with Crippen LogP contribution >= 0.6 is 0 Å². The molecule has 0 saturated carbocycles. The SMILES string of the molecule is CC(C)c1cc(-c2nccc3c2[Si](C)(C)c2cc(-c4ccc(C(F)(F)F)cc4)ccc2-3)cc2ccccc12. The predicted octanol–water partition coefficient (Wildman–Crippen LogP) is 8.51. The van der Waals surface area contributed by atoms with Gasteiger partial charge in [0.15, 0.2) is 0 Å². The maximum Gasteiger partial charge on any atom is 0.416 e. The van der Waals surface area contributed by atoms with Crippen LogP contribution in [0.4, 0.5) is 13.2 Å². The number of aromatic nitrogens is 1. The monoisotopic (exact) mass is 523 g/mol. The zero-order valence-electron chi connectivity index (χ0n) is 21.8. The Balaban J connectivity index is 1.49. The minimum Gasteiger partial charge on any atom is -0.256 e. The van der Waals surface area contributed by atoms with Crippen molar-refractivity contribution in [2.75, 3.05) is 0 Å². The van der Waals surface area contributed by atoms with Crippen molar-refractivity contribution in [2.45, 2.75) is 39.0 Å². The highest BCUT2D eigenvalue weighted by molar-refractivity contribution is 7.04. The second-order valence-electron chi connectivity index (χ2n) is 11.0. The van der Waals surface area contributed by atoms with Gasteiger partial charge in [-0.05, 0) is 85.2 Å². The number of alkyl halides is 3. The van der Waals surface area contributed by atoms with Crippen molar-refractivity contribution in [3.8, 4) is 33.5 Å². The lowest BCUT2D eigenvalue weighted by Gasteiger charge is -2.23. The molecule has 0 saturated heterocycles. The van der Waals surface area contributed by atoms with Crippen molar-refractivity contribution in [3.05, 3.63) is 102 Å². The Labute approximate surface area is 222 Å². The quantitative estimate of drug-likeness (QED) is 0.216. The van der Waals surface area contributed by atoms with Crippen LogP contribution in [0.2, 0.25) is 13.1 Å². The van der Waals surface area contributed by atoms with Gasteiger partial charge in [-0.1, -0.05) is 81.5 Å². The number of nitrogens with zero attached hydrogens (tertiary/aromatic N) is 1. The molecule has 0 unspecified atom stereocenters. The maximum absolute atomic E-state index is 13.1. The molecule has 5 aromatic rings. The molecule has 1 nitrogen and oxygen atoms in total. The van der Waals surface area contributed by atoms with E-state index in [4.69, 9.17) is 4.98 Å². The van der Waals surface area contributed by atoms with Gasteiger partial charge in [0.25, 0.3) is 0 Å². The second-order valence-corrected chi connectivity index (χ2v) is 15.3. The summed E-state index contributed by atoms with van der Waals surface area (Å²) >= 11 is 0. The summed E-state index contributed by atoms with van der Waals surface area (Å²) in [4.78, 5) is 4.95. The molecule has 1 aromatic heterocycles. The molecule has 0 radical (unpaired) electrons.